The predicted molar refractivity (Wildman–Crippen MR) is 69.8 cm³/mol. The van der Waals surface area contributed by atoms with Crippen molar-refractivity contribution in [1.29, 1.82) is 0 Å². The van der Waals surface area contributed by atoms with Gasteiger partial charge in [-0.15, -0.1) is 0 Å². The molecule has 1 aliphatic carbocycles. The molecule has 19 heavy (non-hydrogen) atoms. The Morgan fingerprint density at radius 1 is 1.00 bits per heavy atom. The van der Waals surface area contributed by atoms with Crippen LogP contribution in [0.3, 0.4) is 0 Å². The fraction of sp³-hybridized carbons (Fsp3) is 0.385. The summed E-state index contributed by atoms with van der Waals surface area (Å²) in [5, 5.41) is 0.822. The molecular formula is C13H11Cl2CuNO2. The van der Waals surface area contributed by atoms with E-state index >= 15 is 0 Å². The van der Waals surface area contributed by atoms with E-state index in [4.69, 9.17) is 23.2 Å². The standard InChI is InChI=1S/C13H11Cl2NO2.Cu/c1-12-6-13(12,2)11(18)16(10(12)17)9-4-7(14)3-8(15)5-9;/h3-5H,6H2,1-2H3;. The summed E-state index contributed by atoms with van der Waals surface area (Å²) in [6.07, 6.45) is 0.627. The van der Waals surface area contributed by atoms with E-state index < -0.39 is 10.8 Å². The number of carbonyl (C=O) groups excluding carboxylic acids is 2. The minimum atomic E-state index is -0.557. The molecule has 1 heterocycles. The number of imide groups is 1. The summed E-state index contributed by atoms with van der Waals surface area (Å²) in [7, 11) is 0. The van der Waals surface area contributed by atoms with Gasteiger partial charge >= 0.3 is 0 Å². The maximum absolute atomic E-state index is 12.3. The van der Waals surface area contributed by atoms with E-state index in [2.05, 4.69) is 0 Å². The minimum Gasteiger partial charge on any atom is -0.273 e. The van der Waals surface area contributed by atoms with E-state index in [0.29, 0.717) is 22.2 Å². The normalized spacial score (nSPS) is 32.1. The van der Waals surface area contributed by atoms with Crippen molar-refractivity contribution in [3.63, 3.8) is 0 Å². The van der Waals surface area contributed by atoms with Crippen molar-refractivity contribution < 1.29 is 26.7 Å². The van der Waals surface area contributed by atoms with Gasteiger partial charge < -0.3 is 0 Å². The Balaban J connectivity index is 0.00000133. The second-order valence-electron chi connectivity index (χ2n) is 5.41. The van der Waals surface area contributed by atoms with Gasteiger partial charge in [-0.1, -0.05) is 23.2 Å². The molecule has 1 saturated carbocycles. The molecule has 2 amide bonds. The number of piperidine rings is 1. The summed E-state index contributed by atoms with van der Waals surface area (Å²) >= 11 is 11.8. The molecule has 2 atom stereocenters. The van der Waals surface area contributed by atoms with Crippen LogP contribution in [-0.2, 0) is 26.7 Å². The van der Waals surface area contributed by atoms with Gasteiger partial charge in [0.05, 0.1) is 16.5 Å². The fourth-order valence-electron chi connectivity index (χ4n) is 2.77. The molecule has 1 radical (unpaired) electrons. The number of anilines is 1. The van der Waals surface area contributed by atoms with Crippen LogP contribution in [0, 0.1) is 10.8 Å². The number of carbonyl (C=O) groups is 2. The number of nitrogens with zero attached hydrogens (tertiary/aromatic N) is 1. The van der Waals surface area contributed by atoms with E-state index in [0.717, 1.165) is 0 Å². The smallest absolute Gasteiger partial charge is 0.240 e. The van der Waals surface area contributed by atoms with E-state index in [1.807, 2.05) is 13.8 Å². The Labute approximate surface area is 131 Å². The zero-order valence-electron chi connectivity index (χ0n) is 10.3. The van der Waals surface area contributed by atoms with Gasteiger partial charge in [0.15, 0.2) is 0 Å². The number of fused-ring (bicyclic) bond motifs is 1. The number of amides is 2. The van der Waals surface area contributed by atoms with Crippen molar-refractivity contribution in [3.05, 3.63) is 28.2 Å². The number of hydrogen-bond acceptors (Lipinski definition) is 2. The molecule has 1 aromatic rings. The molecule has 0 spiro atoms. The Kier molecular flexibility index (Phi) is 3.30. The fourth-order valence-corrected chi connectivity index (χ4v) is 3.29. The Morgan fingerprint density at radius 2 is 1.42 bits per heavy atom. The van der Waals surface area contributed by atoms with Crippen molar-refractivity contribution in [2.45, 2.75) is 20.3 Å². The molecule has 6 heteroatoms. The average Bonchev–Trinajstić information content (AvgIpc) is 2.78. The van der Waals surface area contributed by atoms with Crippen LogP contribution in [0.25, 0.3) is 0 Å². The third-order valence-electron chi connectivity index (χ3n) is 4.26. The first kappa shape index (κ1) is 14.9. The topological polar surface area (TPSA) is 37.4 Å². The van der Waals surface area contributed by atoms with Gasteiger partial charge in [-0.05, 0) is 38.5 Å². The Morgan fingerprint density at radius 3 is 1.84 bits per heavy atom. The van der Waals surface area contributed by atoms with E-state index in [1.54, 1.807) is 18.2 Å². The first-order valence-electron chi connectivity index (χ1n) is 5.65. The summed E-state index contributed by atoms with van der Waals surface area (Å²) in [5.74, 6) is -0.318. The molecule has 105 valence electrons. The molecule has 2 aliphatic rings. The van der Waals surface area contributed by atoms with E-state index in [-0.39, 0.29) is 28.9 Å². The molecule has 3 rings (SSSR count). The van der Waals surface area contributed by atoms with Crippen LogP contribution >= 0.6 is 23.2 Å². The summed E-state index contributed by atoms with van der Waals surface area (Å²) < 4.78 is 0. The van der Waals surface area contributed by atoms with Crippen LogP contribution in [0.1, 0.15) is 20.3 Å². The maximum atomic E-state index is 12.3. The quantitative estimate of drug-likeness (QED) is 0.577. The molecule has 1 aromatic carbocycles. The van der Waals surface area contributed by atoms with Crippen molar-refractivity contribution in [2.24, 2.45) is 10.8 Å². The third-order valence-corrected chi connectivity index (χ3v) is 4.69. The SMILES string of the molecule is CC12CC1(C)C(=O)N(c1cc(Cl)cc(Cl)c1)C2=O.[Cu]. The number of rotatable bonds is 1. The maximum Gasteiger partial charge on any atom is 0.240 e. The zero-order valence-corrected chi connectivity index (χ0v) is 12.7. The molecule has 0 N–H and O–H groups in total. The van der Waals surface area contributed by atoms with Gasteiger partial charge in [0.1, 0.15) is 0 Å². The van der Waals surface area contributed by atoms with E-state index in [9.17, 15) is 9.59 Å². The van der Waals surface area contributed by atoms with Crippen LogP contribution in [0.2, 0.25) is 10.0 Å². The number of hydrogen-bond donors (Lipinski definition) is 0. The van der Waals surface area contributed by atoms with Crippen LogP contribution in [0.5, 0.6) is 0 Å². The Hall–Kier alpha value is -0.541. The molecule has 2 unspecified atom stereocenters. The molecule has 0 bridgehead atoms. The zero-order chi connectivity index (χ0) is 13.3. The largest absolute Gasteiger partial charge is 0.273 e. The summed E-state index contributed by atoms with van der Waals surface area (Å²) in [5.41, 5.74) is -0.658. The molecule has 0 aromatic heterocycles. The first-order chi connectivity index (χ1) is 8.29. The van der Waals surface area contributed by atoms with Gasteiger partial charge in [-0.3, -0.25) is 9.59 Å². The van der Waals surface area contributed by atoms with Crippen LogP contribution in [-0.4, -0.2) is 11.8 Å². The predicted octanol–water partition coefficient (Wildman–Crippen LogP) is 3.28. The second kappa shape index (κ2) is 4.22. The van der Waals surface area contributed by atoms with Gasteiger partial charge in [0.25, 0.3) is 0 Å². The van der Waals surface area contributed by atoms with Crippen LogP contribution in [0.15, 0.2) is 18.2 Å². The first-order valence-corrected chi connectivity index (χ1v) is 6.40. The molecular weight excluding hydrogens is 337 g/mol. The van der Waals surface area contributed by atoms with Crippen LogP contribution in [0.4, 0.5) is 5.69 Å². The van der Waals surface area contributed by atoms with Crippen molar-refractivity contribution >= 4 is 40.7 Å². The van der Waals surface area contributed by atoms with Gasteiger partial charge in [0, 0.05) is 27.1 Å². The average molecular weight is 348 g/mol. The second-order valence-corrected chi connectivity index (χ2v) is 6.29. The minimum absolute atomic E-state index is 0. The summed E-state index contributed by atoms with van der Waals surface area (Å²) in [4.78, 5) is 25.9. The van der Waals surface area contributed by atoms with Gasteiger partial charge in [-0.25, -0.2) is 4.90 Å². The monoisotopic (exact) mass is 346 g/mol. The summed E-state index contributed by atoms with van der Waals surface area (Å²) in [6.45, 7) is 3.67. The van der Waals surface area contributed by atoms with E-state index in [1.165, 1.54) is 4.90 Å². The molecule has 2 fully saturated rings. The van der Waals surface area contributed by atoms with Gasteiger partial charge in [-0.2, -0.15) is 0 Å². The van der Waals surface area contributed by atoms with Crippen molar-refractivity contribution in [3.8, 4) is 0 Å². The molecule has 1 aliphatic heterocycles. The number of halogens is 2. The van der Waals surface area contributed by atoms with Crippen LogP contribution < -0.4 is 4.90 Å². The molecule has 3 nitrogen and oxygen atoms in total. The third kappa shape index (κ3) is 1.78. The summed E-state index contributed by atoms with van der Waals surface area (Å²) in [6, 6.07) is 4.74. The van der Waals surface area contributed by atoms with Crippen molar-refractivity contribution in [2.75, 3.05) is 4.90 Å². The number of benzene rings is 1. The Bertz CT molecular complexity index is 560. The molecule has 1 saturated heterocycles. The van der Waals surface area contributed by atoms with Gasteiger partial charge in [0.2, 0.25) is 11.8 Å². The van der Waals surface area contributed by atoms with Crippen molar-refractivity contribution in [1.82, 2.24) is 0 Å².